The summed E-state index contributed by atoms with van der Waals surface area (Å²) in [6.45, 7) is -0.756. The predicted molar refractivity (Wildman–Crippen MR) is 105 cm³/mol. The standard InChI is InChI=1S/C21H18N2O8/c24-18(15-7-4-8-16(11-15)23(28)29)13-30-20(26)17-9-10-19(25)22(17)21(27)31-12-14-5-2-1-3-6-14/h1-8,11,17H,9-10,12-13H2/t17-/m1/s1. The number of nitrogens with zero attached hydrogens (tertiary/aromatic N) is 2. The molecule has 0 bridgehead atoms. The van der Waals surface area contributed by atoms with Gasteiger partial charge in [-0.1, -0.05) is 42.5 Å². The molecule has 1 aliphatic heterocycles. The van der Waals surface area contributed by atoms with Crippen molar-refractivity contribution in [1.29, 1.82) is 0 Å². The van der Waals surface area contributed by atoms with Gasteiger partial charge in [0.1, 0.15) is 12.6 Å². The van der Waals surface area contributed by atoms with E-state index in [4.69, 9.17) is 9.47 Å². The van der Waals surface area contributed by atoms with Crippen LogP contribution in [-0.4, -0.2) is 46.2 Å². The lowest BCUT2D eigenvalue weighted by Gasteiger charge is -2.21. The van der Waals surface area contributed by atoms with Crippen LogP contribution in [0.3, 0.4) is 0 Å². The third-order valence-corrected chi connectivity index (χ3v) is 4.61. The minimum Gasteiger partial charge on any atom is -0.456 e. The van der Waals surface area contributed by atoms with E-state index in [-0.39, 0.29) is 30.7 Å². The Morgan fingerprint density at radius 3 is 2.52 bits per heavy atom. The molecule has 1 saturated heterocycles. The quantitative estimate of drug-likeness (QED) is 0.286. The van der Waals surface area contributed by atoms with Crippen LogP contribution in [0.5, 0.6) is 0 Å². The van der Waals surface area contributed by atoms with Crippen LogP contribution in [0.4, 0.5) is 10.5 Å². The number of ether oxygens (including phenoxy) is 2. The Hall–Kier alpha value is -4.08. The molecule has 1 heterocycles. The molecule has 2 aromatic carbocycles. The van der Waals surface area contributed by atoms with Crippen LogP contribution in [0.25, 0.3) is 0 Å². The van der Waals surface area contributed by atoms with Crippen LogP contribution in [0.15, 0.2) is 54.6 Å². The minimum atomic E-state index is -1.20. The van der Waals surface area contributed by atoms with Gasteiger partial charge in [0.25, 0.3) is 5.69 Å². The molecule has 0 aromatic heterocycles. The average molecular weight is 426 g/mol. The first kappa shape index (κ1) is 21.6. The van der Waals surface area contributed by atoms with Crippen LogP contribution in [0.2, 0.25) is 0 Å². The lowest BCUT2D eigenvalue weighted by Crippen LogP contribution is -2.44. The summed E-state index contributed by atoms with van der Waals surface area (Å²) in [5.74, 6) is -2.16. The molecule has 0 spiro atoms. The fraction of sp³-hybridized carbons (Fsp3) is 0.238. The molecule has 0 saturated carbocycles. The largest absolute Gasteiger partial charge is 0.456 e. The highest BCUT2D eigenvalue weighted by Crippen LogP contribution is 2.22. The van der Waals surface area contributed by atoms with Gasteiger partial charge >= 0.3 is 12.1 Å². The molecule has 0 N–H and O–H groups in total. The molecule has 0 aliphatic carbocycles. The number of benzene rings is 2. The van der Waals surface area contributed by atoms with Gasteiger partial charge in [0.2, 0.25) is 11.7 Å². The molecule has 1 aliphatic rings. The molecule has 1 atom stereocenters. The predicted octanol–water partition coefficient (Wildman–Crippen LogP) is 2.65. The topological polar surface area (TPSA) is 133 Å². The van der Waals surface area contributed by atoms with Gasteiger partial charge in [-0.05, 0) is 12.0 Å². The smallest absolute Gasteiger partial charge is 0.417 e. The maximum absolute atomic E-state index is 12.4. The van der Waals surface area contributed by atoms with Gasteiger partial charge in [-0.15, -0.1) is 0 Å². The van der Waals surface area contributed by atoms with Crippen molar-refractivity contribution < 1.29 is 33.6 Å². The number of hydrogen-bond acceptors (Lipinski definition) is 8. The number of Topliss-reactive ketones (excluding diaryl/α,β-unsaturated/α-hetero) is 1. The van der Waals surface area contributed by atoms with Crippen LogP contribution in [0.1, 0.15) is 28.8 Å². The molecular formula is C21H18N2O8. The van der Waals surface area contributed by atoms with Crippen molar-refractivity contribution in [3.63, 3.8) is 0 Å². The first-order valence-electron chi connectivity index (χ1n) is 9.34. The summed E-state index contributed by atoms with van der Waals surface area (Å²) in [7, 11) is 0. The third-order valence-electron chi connectivity index (χ3n) is 4.61. The Kier molecular flexibility index (Phi) is 6.71. The van der Waals surface area contributed by atoms with Crippen LogP contribution in [-0.2, 0) is 25.7 Å². The molecule has 0 unspecified atom stereocenters. The number of rotatable bonds is 7. The summed E-state index contributed by atoms with van der Waals surface area (Å²) < 4.78 is 10.1. The van der Waals surface area contributed by atoms with E-state index in [0.29, 0.717) is 10.5 Å². The Balaban J connectivity index is 1.59. The first-order chi connectivity index (χ1) is 14.9. The van der Waals surface area contributed by atoms with Gasteiger partial charge in [0.15, 0.2) is 6.61 Å². The van der Waals surface area contributed by atoms with Crippen molar-refractivity contribution in [2.75, 3.05) is 6.61 Å². The van der Waals surface area contributed by atoms with Gasteiger partial charge < -0.3 is 9.47 Å². The second-order valence-electron chi connectivity index (χ2n) is 6.70. The summed E-state index contributed by atoms with van der Waals surface area (Å²) in [4.78, 5) is 59.9. The zero-order valence-corrected chi connectivity index (χ0v) is 16.3. The number of nitro groups is 1. The number of likely N-dealkylation sites (tertiary alicyclic amines) is 1. The molecular weight excluding hydrogens is 408 g/mol. The molecule has 3 rings (SSSR count). The minimum absolute atomic E-state index is 0.00336. The Labute approximate surface area is 176 Å². The number of ketones is 1. The van der Waals surface area contributed by atoms with E-state index in [9.17, 15) is 29.3 Å². The van der Waals surface area contributed by atoms with Crippen molar-refractivity contribution in [3.8, 4) is 0 Å². The summed E-state index contributed by atoms with van der Waals surface area (Å²) in [5.41, 5.74) is 0.443. The molecule has 160 valence electrons. The zero-order chi connectivity index (χ0) is 22.4. The number of non-ortho nitro benzene ring substituents is 1. The number of imide groups is 1. The molecule has 0 radical (unpaired) electrons. The van der Waals surface area contributed by atoms with Crippen molar-refractivity contribution in [1.82, 2.24) is 4.90 Å². The van der Waals surface area contributed by atoms with Crippen LogP contribution in [0, 0.1) is 10.1 Å². The Morgan fingerprint density at radius 2 is 1.81 bits per heavy atom. The van der Waals surface area contributed by atoms with Crippen molar-refractivity contribution in [2.45, 2.75) is 25.5 Å². The fourth-order valence-electron chi connectivity index (χ4n) is 3.03. The molecule has 2 amide bonds. The van der Waals surface area contributed by atoms with Crippen LogP contribution < -0.4 is 0 Å². The number of carbonyl (C=O) groups is 4. The highest BCUT2D eigenvalue weighted by atomic mass is 16.6. The number of hydrogen-bond donors (Lipinski definition) is 0. The van der Waals surface area contributed by atoms with Gasteiger partial charge in [-0.25, -0.2) is 14.5 Å². The van der Waals surface area contributed by atoms with E-state index in [1.165, 1.54) is 18.2 Å². The fourth-order valence-corrected chi connectivity index (χ4v) is 3.03. The molecule has 10 nitrogen and oxygen atoms in total. The summed E-state index contributed by atoms with van der Waals surface area (Å²) >= 11 is 0. The normalized spacial score (nSPS) is 15.4. The lowest BCUT2D eigenvalue weighted by molar-refractivity contribution is -0.384. The Bertz CT molecular complexity index is 1020. The van der Waals surface area contributed by atoms with E-state index in [1.807, 2.05) is 0 Å². The first-order valence-corrected chi connectivity index (χ1v) is 9.34. The lowest BCUT2D eigenvalue weighted by atomic mass is 10.1. The molecule has 10 heteroatoms. The van der Waals surface area contributed by atoms with Crippen molar-refractivity contribution in [2.24, 2.45) is 0 Å². The molecule has 31 heavy (non-hydrogen) atoms. The van der Waals surface area contributed by atoms with Gasteiger partial charge in [0.05, 0.1) is 4.92 Å². The van der Waals surface area contributed by atoms with Crippen molar-refractivity contribution >= 4 is 29.4 Å². The average Bonchev–Trinajstić information content (AvgIpc) is 3.18. The number of esters is 1. The van der Waals surface area contributed by atoms with Crippen LogP contribution >= 0.6 is 0 Å². The SMILES string of the molecule is O=C(COC(=O)[C@H]1CCC(=O)N1C(=O)OCc1ccccc1)c1cccc([N+](=O)[O-])c1. The van der Waals surface area contributed by atoms with Crippen molar-refractivity contribution in [3.05, 3.63) is 75.8 Å². The molecule has 1 fully saturated rings. The van der Waals surface area contributed by atoms with E-state index in [2.05, 4.69) is 0 Å². The van der Waals surface area contributed by atoms with E-state index < -0.39 is 41.3 Å². The highest BCUT2D eigenvalue weighted by Gasteiger charge is 2.42. The monoisotopic (exact) mass is 426 g/mol. The van der Waals surface area contributed by atoms with E-state index in [1.54, 1.807) is 30.3 Å². The second-order valence-corrected chi connectivity index (χ2v) is 6.70. The van der Waals surface area contributed by atoms with Gasteiger partial charge in [-0.2, -0.15) is 0 Å². The third kappa shape index (κ3) is 5.30. The maximum Gasteiger partial charge on any atom is 0.417 e. The number of nitro benzene ring substituents is 1. The Morgan fingerprint density at radius 1 is 1.06 bits per heavy atom. The number of amides is 2. The van der Waals surface area contributed by atoms with Gasteiger partial charge in [-0.3, -0.25) is 19.7 Å². The summed E-state index contributed by atoms with van der Waals surface area (Å²) in [6, 6.07) is 12.6. The molecule has 2 aromatic rings. The van der Waals surface area contributed by atoms with E-state index in [0.717, 1.165) is 6.07 Å². The maximum atomic E-state index is 12.4. The summed E-state index contributed by atoms with van der Waals surface area (Å²) in [5, 5.41) is 10.8. The zero-order valence-electron chi connectivity index (χ0n) is 16.3. The van der Waals surface area contributed by atoms with E-state index >= 15 is 0 Å². The second kappa shape index (κ2) is 9.61. The van der Waals surface area contributed by atoms with Gasteiger partial charge in [0, 0.05) is 24.1 Å². The highest BCUT2D eigenvalue weighted by molar-refractivity contribution is 6.01. The summed E-state index contributed by atoms with van der Waals surface area (Å²) in [6.07, 6.45) is -0.972. The number of carbonyl (C=O) groups excluding carboxylic acids is 4.